The molecule has 1 heterocycles. The number of nitrogens with one attached hydrogen (secondary N) is 2. The van der Waals surface area contributed by atoms with Crippen molar-refractivity contribution >= 4 is 11.6 Å². The van der Waals surface area contributed by atoms with Crippen LogP contribution in [0.3, 0.4) is 0 Å². The van der Waals surface area contributed by atoms with E-state index in [1.54, 1.807) is 14.2 Å². The van der Waals surface area contributed by atoms with E-state index in [4.69, 9.17) is 9.47 Å². The van der Waals surface area contributed by atoms with Gasteiger partial charge in [-0.2, -0.15) is 0 Å². The number of anilines is 1. The molecule has 0 spiro atoms. The molecule has 0 radical (unpaired) electrons. The zero-order valence-corrected chi connectivity index (χ0v) is 17.7. The molecule has 2 rings (SSSR count). The molecule has 1 aliphatic rings. The third-order valence-electron chi connectivity index (χ3n) is 4.87. The van der Waals surface area contributed by atoms with Crippen molar-refractivity contribution in [3.05, 3.63) is 24.3 Å². The van der Waals surface area contributed by atoms with Crippen molar-refractivity contribution in [2.45, 2.75) is 19.8 Å². The third kappa shape index (κ3) is 7.94. The van der Waals surface area contributed by atoms with E-state index in [1.807, 2.05) is 12.1 Å². The summed E-state index contributed by atoms with van der Waals surface area (Å²) in [4.78, 5) is 9.57. The lowest BCUT2D eigenvalue weighted by atomic mass is 10.2. The molecule has 0 amide bonds. The van der Waals surface area contributed by atoms with E-state index in [0.717, 1.165) is 83.5 Å². The highest BCUT2D eigenvalue weighted by Crippen LogP contribution is 2.20. The number of hydrogen-bond donors (Lipinski definition) is 2. The average molecular weight is 392 g/mol. The molecule has 0 aliphatic carbocycles. The Bertz CT molecular complexity index is 556. The lowest BCUT2D eigenvalue weighted by Crippen LogP contribution is -2.47. The highest BCUT2D eigenvalue weighted by Gasteiger charge is 2.16. The smallest absolute Gasteiger partial charge is 0.191 e. The molecule has 28 heavy (non-hydrogen) atoms. The molecule has 1 aromatic carbocycles. The van der Waals surface area contributed by atoms with Gasteiger partial charge in [-0.3, -0.25) is 9.89 Å². The fourth-order valence-corrected chi connectivity index (χ4v) is 3.27. The van der Waals surface area contributed by atoms with Crippen molar-refractivity contribution in [1.82, 2.24) is 15.5 Å². The molecule has 0 atom stereocenters. The summed E-state index contributed by atoms with van der Waals surface area (Å²) < 4.78 is 10.3. The monoisotopic (exact) mass is 391 g/mol. The number of benzene rings is 1. The summed E-state index contributed by atoms with van der Waals surface area (Å²) in [6.07, 6.45) is 2.07. The van der Waals surface area contributed by atoms with Crippen LogP contribution in [-0.4, -0.2) is 84.0 Å². The van der Waals surface area contributed by atoms with Crippen molar-refractivity contribution in [1.29, 1.82) is 0 Å². The Kier molecular flexibility index (Phi) is 10.5. The lowest BCUT2D eigenvalue weighted by molar-refractivity contribution is 0.197. The largest absolute Gasteiger partial charge is 0.497 e. The summed E-state index contributed by atoms with van der Waals surface area (Å²) >= 11 is 0. The van der Waals surface area contributed by atoms with Crippen LogP contribution in [-0.2, 0) is 4.74 Å². The number of guanidine groups is 1. The Morgan fingerprint density at radius 1 is 1.04 bits per heavy atom. The molecule has 1 aliphatic heterocycles. The molecule has 0 aromatic heterocycles. The minimum absolute atomic E-state index is 0.755. The second-order valence-corrected chi connectivity index (χ2v) is 6.91. The number of rotatable bonds is 11. The second-order valence-electron chi connectivity index (χ2n) is 6.91. The summed E-state index contributed by atoms with van der Waals surface area (Å²) in [5, 5.41) is 6.73. The van der Waals surface area contributed by atoms with Crippen LogP contribution >= 0.6 is 0 Å². The normalized spacial score (nSPS) is 15.5. The third-order valence-corrected chi connectivity index (χ3v) is 4.87. The first-order valence-corrected chi connectivity index (χ1v) is 10.4. The number of piperazine rings is 1. The van der Waals surface area contributed by atoms with Gasteiger partial charge in [-0.15, -0.1) is 0 Å². The Hall–Kier alpha value is -1.99. The fraction of sp³-hybridized carbons (Fsp3) is 0.667. The molecule has 2 N–H and O–H groups in total. The maximum Gasteiger partial charge on any atom is 0.191 e. The molecule has 1 aromatic rings. The van der Waals surface area contributed by atoms with Crippen LogP contribution < -0.4 is 20.3 Å². The van der Waals surface area contributed by atoms with Gasteiger partial charge in [0, 0.05) is 65.2 Å². The summed E-state index contributed by atoms with van der Waals surface area (Å²) in [5.74, 6) is 1.82. The van der Waals surface area contributed by atoms with Gasteiger partial charge >= 0.3 is 0 Å². The first kappa shape index (κ1) is 22.3. The Balaban J connectivity index is 1.63. The molecule has 7 nitrogen and oxygen atoms in total. The fourth-order valence-electron chi connectivity index (χ4n) is 3.27. The number of ether oxygens (including phenoxy) is 2. The predicted molar refractivity (Wildman–Crippen MR) is 117 cm³/mol. The molecule has 0 saturated carbocycles. The van der Waals surface area contributed by atoms with Crippen LogP contribution in [0.25, 0.3) is 0 Å². The van der Waals surface area contributed by atoms with Gasteiger partial charge in [0.2, 0.25) is 0 Å². The number of aliphatic imine (C=N–C) groups is 1. The first-order valence-electron chi connectivity index (χ1n) is 10.4. The first-order chi connectivity index (χ1) is 13.8. The number of hydrogen-bond acceptors (Lipinski definition) is 5. The van der Waals surface area contributed by atoms with Crippen LogP contribution in [0.2, 0.25) is 0 Å². The zero-order chi connectivity index (χ0) is 20.0. The molecule has 0 unspecified atom stereocenters. The van der Waals surface area contributed by atoms with Crippen LogP contribution in [0.5, 0.6) is 5.75 Å². The van der Waals surface area contributed by atoms with Crippen LogP contribution in [0.1, 0.15) is 19.8 Å². The molecule has 1 fully saturated rings. The minimum Gasteiger partial charge on any atom is -0.497 e. The van der Waals surface area contributed by atoms with E-state index in [2.05, 4.69) is 44.5 Å². The maximum atomic E-state index is 5.24. The van der Waals surface area contributed by atoms with Crippen LogP contribution in [0, 0.1) is 0 Å². The predicted octanol–water partition coefficient (Wildman–Crippen LogP) is 1.80. The van der Waals surface area contributed by atoms with Gasteiger partial charge in [0.25, 0.3) is 0 Å². The van der Waals surface area contributed by atoms with Crippen LogP contribution in [0.15, 0.2) is 29.3 Å². The maximum absolute atomic E-state index is 5.24. The van der Waals surface area contributed by atoms with E-state index >= 15 is 0 Å². The second kappa shape index (κ2) is 13.2. The van der Waals surface area contributed by atoms with Crippen LogP contribution in [0.4, 0.5) is 5.69 Å². The van der Waals surface area contributed by atoms with E-state index in [-0.39, 0.29) is 0 Å². The average Bonchev–Trinajstić information content (AvgIpc) is 2.74. The van der Waals surface area contributed by atoms with Crippen molar-refractivity contribution in [2.75, 3.05) is 78.1 Å². The highest BCUT2D eigenvalue weighted by atomic mass is 16.5. The van der Waals surface area contributed by atoms with E-state index in [9.17, 15) is 0 Å². The molecule has 7 heteroatoms. The van der Waals surface area contributed by atoms with Gasteiger partial charge in [0.1, 0.15) is 5.75 Å². The van der Waals surface area contributed by atoms with E-state index < -0.39 is 0 Å². The van der Waals surface area contributed by atoms with Crippen molar-refractivity contribution in [3.8, 4) is 5.75 Å². The van der Waals surface area contributed by atoms with Gasteiger partial charge in [-0.25, -0.2) is 0 Å². The van der Waals surface area contributed by atoms with Crippen molar-refractivity contribution in [2.24, 2.45) is 4.99 Å². The Morgan fingerprint density at radius 2 is 1.79 bits per heavy atom. The van der Waals surface area contributed by atoms with Gasteiger partial charge in [-0.05, 0) is 50.6 Å². The highest BCUT2D eigenvalue weighted by molar-refractivity contribution is 5.79. The number of nitrogens with zero attached hydrogens (tertiary/aromatic N) is 3. The summed E-state index contributed by atoms with van der Waals surface area (Å²) in [5.41, 5.74) is 1.28. The molecule has 158 valence electrons. The number of methoxy groups -OCH3 is 2. The quantitative estimate of drug-likeness (QED) is 0.341. The summed E-state index contributed by atoms with van der Waals surface area (Å²) in [7, 11) is 3.43. The molecule has 0 bridgehead atoms. The lowest BCUT2D eigenvalue weighted by Gasteiger charge is -2.36. The summed E-state index contributed by atoms with van der Waals surface area (Å²) in [6, 6.07) is 8.36. The van der Waals surface area contributed by atoms with Gasteiger partial charge in [-0.1, -0.05) is 0 Å². The van der Waals surface area contributed by atoms with Gasteiger partial charge in [0.05, 0.1) is 7.11 Å². The zero-order valence-electron chi connectivity index (χ0n) is 17.7. The topological polar surface area (TPSA) is 61.4 Å². The van der Waals surface area contributed by atoms with Crippen molar-refractivity contribution < 1.29 is 9.47 Å². The van der Waals surface area contributed by atoms with E-state index in [1.165, 1.54) is 5.69 Å². The minimum atomic E-state index is 0.755. The SMILES string of the molecule is CCNC(=NCCCOC)NCCCN1CCN(c2ccc(OC)cc2)CC1. The molecule has 1 saturated heterocycles. The van der Waals surface area contributed by atoms with E-state index in [0.29, 0.717) is 0 Å². The molecular weight excluding hydrogens is 354 g/mol. The Labute approximate surface area is 170 Å². The van der Waals surface area contributed by atoms with Crippen molar-refractivity contribution in [3.63, 3.8) is 0 Å². The molecular formula is C21H37N5O2. The van der Waals surface area contributed by atoms with Gasteiger partial charge < -0.3 is 25.0 Å². The Morgan fingerprint density at radius 3 is 2.43 bits per heavy atom. The summed E-state index contributed by atoms with van der Waals surface area (Å²) in [6.45, 7) is 10.9. The standard InChI is InChI=1S/C21H37N5O2/c1-4-22-21(24-12-6-18-27-2)23-11-5-13-25-14-16-26(17-15-25)19-7-9-20(28-3)10-8-19/h7-10H,4-6,11-18H2,1-3H3,(H2,22,23,24). The van der Waals surface area contributed by atoms with Gasteiger partial charge in [0.15, 0.2) is 5.96 Å².